The molecule has 0 aromatic carbocycles. The molecule has 2 fully saturated rings. The number of ether oxygens (including phenoxy) is 1. The van der Waals surface area contributed by atoms with Crippen molar-refractivity contribution in [2.45, 2.75) is 6.42 Å². The fraction of sp³-hybridized carbons (Fsp3) is 0.500. The van der Waals surface area contributed by atoms with Crippen LogP contribution in [-0.2, 0) is 9.53 Å². The molecule has 2 amide bonds. The van der Waals surface area contributed by atoms with Crippen molar-refractivity contribution in [1.29, 1.82) is 5.26 Å². The molecule has 24 heavy (non-hydrogen) atoms. The van der Waals surface area contributed by atoms with E-state index in [0.29, 0.717) is 38.5 Å². The molecular formula is C16H19N5O3. The summed E-state index contributed by atoms with van der Waals surface area (Å²) in [6.07, 6.45) is 0.395. The zero-order valence-electron chi connectivity index (χ0n) is 13.3. The van der Waals surface area contributed by atoms with Crippen LogP contribution in [0.5, 0.6) is 0 Å². The van der Waals surface area contributed by atoms with Gasteiger partial charge >= 0.3 is 6.09 Å². The third kappa shape index (κ3) is 3.56. The monoisotopic (exact) mass is 329 g/mol. The van der Waals surface area contributed by atoms with Crippen LogP contribution in [0.15, 0.2) is 18.2 Å². The van der Waals surface area contributed by atoms with E-state index >= 15 is 0 Å². The standard InChI is InChI=1S/C16H19N5O3/c17-11-13-3-1-4-14(18-13)19-5-2-6-20(8-7-19)15(22)12-21-9-10-24-16(21)23/h1,3-4H,2,5-10,12H2. The normalized spacial score (nSPS) is 18.1. The number of anilines is 1. The van der Waals surface area contributed by atoms with Gasteiger partial charge in [-0.25, -0.2) is 9.78 Å². The van der Waals surface area contributed by atoms with Gasteiger partial charge in [-0.2, -0.15) is 5.26 Å². The quantitative estimate of drug-likeness (QED) is 0.799. The first-order valence-electron chi connectivity index (χ1n) is 7.99. The molecule has 2 saturated heterocycles. The maximum atomic E-state index is 12.4. The van der Waals surface area contributed by atoms with Crippen LogP contribution in [0.1, 0.15) is 12.1 Å². The highest BCUT2D eigenvalue weighted by molar-refractivity contribution is 5.83. The first kappa shape index (κ1) is 16.1. The average Bonchev–Trinajstić information content (AvgIpc) is 2.87. The van der Waals surface area contributed by atoms with E-state index in [9.17, 15) is 9.59 Å². The molecule has 0 unspecified atom stereocenters. The molecule has 3 heterocycles. The maximum absolute atomic E-state index is 12.4. The van der Waals surface area contributed by atoms with Crippen molar-refractivity contribution in [2.75, 3.05) is 50.8 Å². The summed E-state index contributed by atoms with van der Waals surface area (Å²) >= 11 is 0. The second-order valence-corrected chi connectivity index (χ2v) is 5.75. The van der Waals surface area contributed by atoms with Crippen LogP contribution in [0.2, 0.25) is 0 Å². The predicted molar refractivity (Wildman–Crippen MR) is 85.3 cm³/mol. The molecule has 0 atom stereocenters. The molecule has 3 rings (SSSR count). The fourth-order valence-corrected chi connectivity index (χ4v) is 2.89. The SMILES string of the molecule is N#Cc1cccc(N2CCCN(C(=O)CN3CCOC3=O)CC2)n1. The molecule has 0 N–H and O–H groups in total. The van der Waals surface area contributed by atoms with Gasteiger partial charge in [0.2, 0.25) is 5.91 Å². The van der Waals surface area contributed by atoms with Gasteiger partial charge in [0.15, 0.2) is 0 Å². The van der Waals surface area contributed by atoms with Crippen LogP contribution in [0.4, 0.5) is 10.6 Å². The van der Waals surface area contributed by atoms with Gasteiger partial charge in [0, 0.05) is 26.2 Å². The van der Waals surface area contributed by atoms with Gasteiger partial charge in [-0.15, -0.1) is 0 Å². The Hall–Kier alpha value is -2.82. The first-order valence-corrected chi connectivity index (χ1v) is 7.99. The Labute approximate surface area is 140 Å². The minimum Gasteiger partial charge on any atom is -0.448 e. The molecule has 1 aromatic rings. The summed E-state index contributed by atoms with van der Waals surface area (Å²) in [4.78, 5) is 33.4. The largest absolute Gasteiger partial charge is 0.448 e. The lowest BCUT2D eigenvalue weighted by atomic mass is 10.3. The van der Waals surface area contributed by atoms with Crippen LogP contribution in [-0.4, -0.2) is 72.7 Å². The Balaban J connectivity index is 1.59. The number of cyclic esters (lactones) is 1. The van der Waals surface area contributed by atoms with Crippen LogP contribution >= 0.6 is 0 Å². The fourth-order valence-electron chi connectivity index (χ4n) is 2.89. The Morgan fingerprint density at radius 2 is 2.12 bits per heavy atom. The highest BCUT2D eigenvalue weighted by atomic mass is 16.6. The van der Waals surface area contributed by atoms with E-state index in [1.165, 1.54) is 4.90 Å². The van der Waals surface area contributed by atoms with Crippen molar-refractivity contribution in [1.82, 2.24) is 14.8 Å². The number of carbonyl (C=O) groups is 2. The van der Waals surface area contributed by atoms with Crippen LogP contribution < -0.4 is 4.90 Å². The summed E-state index contributed by atoms with van der Waals surface area (Å²) in [5, 5.41) is 8.96. The lowest BCUT2D eigenvalue weighted by molar-refractivity contribution is -0.131. The third-order valence-electron chi connectivity index (χ3n) is 4.19. The molecule has 0 bridgehead atoms. The topological polar surface area (TPSA) is 89.8 Å². The molecule has 1 aromatic heterocycles. The highest BCUT2D eigenvalue weighted by Gasteiger charge is 2.27. The number of pyridine rings is 1. The Bertz CT molecular complexity index is 672. The number of nitrogens with zero attached hydrogens (tertiary/aromatic N) is 5. The molecule has 126 valence electrons. The van der Waals surface area contributed by atoms with Crippen LogP contribution in [0.3, 0.4) is 0 Å². The number of nitriles is 1. The number of carbonyl (C=O) groups excluding carboxylic acids is 2. The molecule has 0 aliphatic carbocycles. The second kappa shape index (κ2) is 7.17. The zero-order valence-corrected chi connectivity index (χ0v) is 13.3. The van der Waals surface area contributed by atoms with Crippen molar-refractivity contribution >= 4 is 17.8 Å². The number of hydrogen-bond donors (Lipinski definition) is 0. The molecule has 2 aliphatic heterocycles. The Kier molecular flexibility index (Phi) is 4.79. The van der Waals surface area contributed by atoms with Gasteiger partial charge in [-0.3, -0.25) is 9.69 Å². The second-order valence-electron chi connectivity index (χ2n) is 5.75. The van der Waals surface area contributed by atoms with Gasteiger partial charge in [-0.05, 0) is 18.6 Å². The van der Waals surface area contributed by atoms with E-state index in [4.69, 9.17) is 10.00 Å². The van der Waals surface area contributed by atoms with E-state index in [1.807, 2.05) is 18.2 Å². The number of rotatable bonds is 3. The summed E-state index contributed by atoms with van der Waals surface area (Å²) in [6.45, 7) is 3.53. The van der Waals surface area contributed by atoms with Crippen molar-refractivity contribution < 1.29 is 14.3 Å². The van der Waals surface area contributed by atoms with E-state index in [0.717, 1.165) is 18.8 Å². The molecule has 8 heteroatoms. The smallest absolute Gasteiger partial charge is 0.410 e. The minimum atomic E-state index is -0.419. The van der Waals surface area contributed by atoms with Crippen molar-refractivity contribution in [3.8, 4) is 6.07 Å². The predicted octanol–water partition coefficient (Wildman–Crippen LogP) is 0.444. The van der Waals surface area contributed by atoms with E-state index in [-0.39, 0.29) is 12.5 Å². The summed E-state index contributed by atoms with van der Waals surface area (Å²) in [5.74, 6) is 0.695. The van der Waals surface area contributed by atoms with E-state index in [2.05, 4.69) is 9.88 Å². The number of hydrogen-bond acceptors (Lipinski definition) is 6. The van der Waals surface area contributed by atoms with Crippen molar-refractivity contribution in [3.05, 3.63) is 23.9 Å². The number of aromatic nitrogens is 1. The summed E-state index contributed by atoms with van der Waals surface area (Å²) in [5.41, 5.74) is 0.386. The van der Waals surface area contributed by atoms with Gasteiger partial charge in [0.1, 0.15) is 30.7 Å². The molecule has 2 aliphatic rings. The Morgan fingerprint density at radius 1 is 1.25 bits per heavy atom. The minimum absolute atomic E-state index is 0.0607. The molecule has 8 nitrogen and oxygen atoms in total. The molecule has 0 spiro atoms. The molecule has 0 saturated carbocycles. The van der Waals surface area contributed by atoms with Crippen molar-refractivity contribution in [2.24, 2.45) is 0 Å². The lowest BCUT2D eigenvalue weighted by Crippen LogP contribution is -2.42. The van der Waals surface area contributed by atoms with Crippen LogP contribution in [0.25, 0.3) is 0 Å². The first-order chi connectivity index (χ1) is 11.7. The van der Waals surface area contributed by atoms with Gasteiger partial charge in [0.25, 0.3) is 0 Å². The summed E-state index contributed by atoms with van der Waals surface area (Å²) < 4.78 is 4.85. The average molecular weight is 329 g/mol. The van der Waals surface area contributed by atoms with Gasteiger partial charge < -0.3 is 14.5 Å². The van der Waals surface area contributed by atoms with E-state index in [1.54, 1.807) is 11.0 Å². The maximum Gasteiger partial charge on any atom is 0.410 e. The van der Waals surface area contributed by atoms with Crippen molar-refractivity contribution in [3.63, 3.8) is 0 Å². The molecule has 0 radical (unpaired) electrons. The third-order valence-corrected chi connectivity index (χ3v) is 4.19. The van der Waals surface area contributed by atoms with Gasteiger partial charge in [-0.1, -0.05) is 6.07 Å². The summed E-state index contributed by atoms with van der Waals surface area (Å²) in [6, 6.07) is 7.40. The highest BCUT2D eigenvalue weighted by Crippen LogP contribution is 2.15. The van der Waals surface area contributed by atoms with E-state index < -0.39 is 6.09 Å². The number of amides is 2. The summed E-state index contributed by atoms with van der Waals surface area (Å²) in [7, 11) is 0. The molecular weight excluding hydrogens is 310 g/mol. The lowest BCUT2D eigenvalue weighted by Gasteiger charge is -2.24. The zero-order chi connectivity index (χ0) is 16.9. The van der Waals surface area contributed by atoms with Gasteiger partial charge in [0.05, 0.1) is 6.54 Å². The Morgan fingerprint density at radius 3 is 2.88 bits per heavy atom. The van der Waals surface area contributed by atoms with Crippen LogP contribution in [0, 0.1) is 11.3 Å².